The smallest absolute Gasteiger partial charge is 0.340 e. The minimum absolute atomic E-state index is 0.0165. The van der Waals surface area contributed by atoms with E-state index in [-0.39, 0.29) is 17.2 Å². The summed E-state index contributed by atoms with van der Waals surface area (Å²) in [6.07, 6.45) is 0.197. The fraction of sp³-hybridized carbons (Fsp3) is 0.682. The molecular formula is C22H30F3N3O. The van der Waals surface area contributed by atoms with E-state index in [1.165, 1.54) is 12.8 Å². The molecule has 1 aromatic rings. The Hall–Kier alpha value is -1.60. The summed E-state index contributed by atoms with van der Waals surface area (Å²) in [5.41, 5.74) is 0.309. The monoisotopic (exact) mass is 409 g/mol. The number of carbonyl (C=O) groups is 1. The highest BCUT2D eigenvalue weighted by molar-refractivity contribution is 5.80. The van der Waals surface area contributed by atoms with Gasteiger partial charge in [-0.1, -0.05) is 25.0 Å². The van der Waals surface area contributed by atoms with Gasteiger partial charge in [0, 0.05) is 45.8 Å². The Labute approximate surface area is 170 Å². The molecule has 3 fully saturated rings. The Kier molecular flexibility index (Phi) is 5.64. The van der Waals surface area contributed by atoms with Gasteiger partial charge in [0.1, 0.15) is 0 Å². The van der Waals surface area contributed by atoms with Crippen molar-refractivity contribution in [3.63, 3.8) is 0 Å². The molecule has 0 radical (unpaired) electrons. The van der Waals surface area contributed by atoms with E-state index in [1.807, 2.05) is 4.90 Å². The van der Waals surface area contributed by atoms with Crippen molar-refractivity contribution in [1.29, 1.82) is 0 Å². The van der Waals surface area contributed by atoms with Gasteiger partial charge >= 0.3 is 6.18 Å². The van der Waals surface area contributed by atoms with E-state index in [9.17, 15) is 18.0 Å². The number of piperazine rings is 1. The summed E-state index contributed by atoms with van der Waals surface area (Å²) in [6.45, 7) is 5.61. The van der Waals surface area contributed by atoms with Gasteiger partial charge in [-0.2, -0.15) is 13.2 Å². The first-order chi connectivity index (χ1) is 13.8. The molecule has 0 bridgehead atoms. The molecule has 2 saturated heterocycles. The SMILES string of the molecule is CN1CCN(C(=O)C2CN(Cc3ccc(C(F)(F)F)cc3)CC23CCCC3)CC1. The highest BCUT2D eigenvalue weighted by Crippen LogP contribution is 2.50. The molecule has 29 heavy (non-hydrogen) atoms. The molecule has 4 nitrogen and oxygen atoms in total. The molecule has 3 aliphatic rings. The van der Waals surface area contributed by atoms with Crippen molar-refractivity contribution in [3.05, 3.63) is 35.4 Å². The second-order valence-corrected chi connectivity index (χ2v) is 9.11. The van der Waals surface area contributed by atoms with Crippen LogP contribution in [-0.2, 0) is 17.5 Å². The van der Waals surface area contributed by atoms with Gasteiger partial charge in [-0.25, -0.2) is 0 Å². The van der Waals surface area contributed by atoms with E-state index in [0.29, 0.717) is 13.1 Å². The maximum absolute atomic E-state index is 13.4. The zero-order valence-electron chi connectivity index (χ0n) is 17.0. The van der Waals surface area contributed by atoms with Crippen molar-refractivity contribution in [2.75, 3.05) is 46.3 Å². The van der Waals surface area contributed by atoms with Gasteiger partial charge in [0.2, 0.25) is 5.91 Å². The number of hydrogen-bond acceptors (Lipinski definition) is 3. The van der Waals surface area contributed by atoms with Gasteiger partial charge < -0.3 is 9.80 Å². The number of carbonyl (C=O) groups excluding carboxylic acids is 1. The van der Waals surface area contributed by atoms with E-state index in [0.717, 1.165) is 63.3 Å². The van der Waals surface area contributed by atoms with Gasteiger partial charge in [-0.3, -0.25) is 9.69 Å². The Morgan fingerprint density at radius 2 is 1.69 bits per heavy atom. The first kappa shape index (κ1) is 20.7. The molecule has 1 saturated carbocycles. The van der Waals surface area contributed by atoms with Crippen molar-refractivity contribution in [2.24, 2.45) is 11.3 Å². The molecule has 1 aromatic carbocycles. The third-order valence-electron chi connectivity index (χ3n) is 7.12. The van der Waals surface area contributed by atoms with Crippen LogP contribution in [-0.4, -0.2) is 66.9 Å². The van der Waals surface area contributed by atoms with E-state index in [4.69, 9.17) is 0 Å². The largest absolute Gasteiger partial charge is 0.416 e. The summed E-state index contributed by atoms with van der Waals surface area (Å²) in [7, 11) is 2.08. The average molecular weight is 409 g/mol. The number of alkyl halides is 3. The molecule has 1 spiro atoms. The van der Waals surface area contributed by atoms with Gasteiger partial charge in [0.05, 0.1) is 11.5 Å². The summed E-state index contributed by atoms with van der Waals surface area (Å²) < 4.78 is 38.4. The topological polar surface area (TPSA) is 26.8 Å². The zero-order valence-corrected chi connectivity index (χ0v) is 17.0. The predicted molar refractivity (Wildman–Crippen MR) is 105 cm³/mol. The fourth-order valence-electron chi connectivity index (χ4n) is 5.42. The average Bonchev–Trinajstić information content (AvgIpc) is 3.29. The number of likely N-dealkylation sites (tertiary alicyclic amines) is 1. The van der Waals surface area contributed by atoms with Crippen LogP contribution >= 0.6 is 0 Å². The van der Waals surface area contributed by atoms with E-state index in [1.54, 1.807) is 12.1 Å². The van der Waals surface area contributed by atoms with E-state index in [2.05, 4.69) is 16.8 Å². The van der Waals surface area contributed by atoms with Crippen molar-refractivity contribution in [2.45, 2.75) is 38.4 Å². The molecule has 2 aliphatic heterocycles. The summed E-state index contributed by atoms with van der Waals surface area (Å²) in [5.74, 6) is 0.303. The van der Waals surface area contributed by atoms with Crippen LogP contribution < -0.4 is 0 Å². The van der Waals surface area contributed by atoms with Crippen molar-refractivity contribution < 1.29 is 18.0 Å². The minimum atomic E-state index is -4.31. The van der Waals surface area contributed by atoms with Gasteiger partial charge in [0.25, 0.3) is 0 Å². The van der Waals surface area contributed by atoms with Crippen LogP contribution in [0, 0.1) is 11.3 Å². The van der Waals surface area contributed by atoms with Crippen LogP contribution in [0.1, 0.15) is 36.8 Å². The van der Waals surface area contributed by atoms with Gasteiger partial charge in [-0.05, 0) is 43.0 Å². The first-order valence-electron chi connectivity index (χ1n) is 10.6. The number of amides is 1. The lowest BCUT2D eigenvalue weighted by Gasteiger charge is -2.37. The van der Waals surface area contributed by atoms with Crippen LogP contribution in [0.3, 0.4) is 0 Å². The van der Waals surface area contributed by atoms with E-state index < -0.39 is 11.7 Å². The normalized spacial score (nSPS) is 25.8. The van der Waals surface area contributed by atoms with E-state index >= 15 is 0 Å². The summed E-state index contributed by atoms with van der Waals surface area (Å²) in [5, 5.41) is 0. The highest BCUT2D eigenvalue weighted by atomic mass is 19.4. The maximum atomic E-state index is 13.4. The predicted octanol–water partition coefficient (Wildman–Crippen LogP) is 3.47. The minimum Gasteiger partial charge on any atom is -0.340 e. The molecule has 1 unspecified atom stereocenters. The number of rotatable bonds is 3. The van der Waals surface area contributed by atoms with Crippen LogP contribution in [0.25, 0.3) is 0 Å². The Morgan fingerprint density at radius 3 is 2.28 bits per heavy atom. The maximum Gasteiger partial charge on any atom is 0.416 e. The van der Waals surface area contributed by atoms with Crippen molar-refractivity contribution >= 4 is 5.91 Å². The molecule has 0 aromatic heterocycles. The number of hydrogen-bond donors (Lipinski definition) is 0. The second kappa shape index (κ2) is 7.91. The van der Waals surface area contributed by atoms with Crippen LogP contribution in [0.2, 0.25) is 0 Å². The summed E-state index contributed by atoms with van der Waals surface area (Å²) in [6, 6.07) is 5.45. The quantitative estimate of drug-likeness (QED) is 0.765. The lowest BCUT2D eigenvalue weighted by Crippen LogP contribution is -2.51. The molecule has 7 heteroatoms. The van der Waals surface area contributed by atoms with Crippen LogP contribution in [0.15, 0.2) is 24.3 Å². The lowest BCUT2D eigenvalue weighted by atomic mass is 9.76. The number of likely N-dealkylation sites (N-methyl/N-ethyl adjacent to an activating group) is 1. The molecule has 1 amide bonds. The number of halogens is 3. The fourth-order valence-corrected chi connectivity index (χ4v) is 5.42. The number of nitrogens with zero attached hydrogens (tertiary/aromatic N) is 3. The molecule has 4 rings (SSSR count). The molecule has 2 heterocycles. The van der Waals surface area contributed by atoms with Crippen molar-refractivity contribution in [3.8, 4) is 0 Å². The van der Waals surface area contributed by atoms with Gasteiger partial charge in [0.15, 0.2) is 0 Å². The van der Waals surface area contributed by atoms with Crippen LogP contribution in [0.5, 0.6) is 0 Å². The zero-order chi connectivity index (χ0) is 20.6. The standard InChI is InChI=1S/C22H30F3N3O/c1-26-10-12-28(13-11-26)20(29)19-15-27(16-21(19)8-2-3-9-21)14-17-4-6-18(7-5-17)22(23,24)25/h4-7,19H,2-3,8-16H2,1H3. The highest BCUT2D eigenvalue weighted by Gasteiger charge is 2.52. The molecule has 0 N–H and O–H groups in total. The molecule has 1 atom stereocenters. The molecule has 1 aliphatic carbocycles. The second-order valence-electron chi connectivity index (χ2n) is 9.11. The lowest BCUT2D eigenvalue weighted by molar-refractivity contribution is -0.140. The Morgan fingerprint density at radius 1 is 1.07 bits per heavy atom. The summed E-state index contributed by atoms with van der Waals surface area (Å²) >= 11 is 0. The Bertz CT molecular complexity index is 720. The number of benzene rings is 1. The Balaban J connectivity index is 1.45. The third-order valence-corrected chi connectivity index (χ3v) is 7.12. The first-order valence-corrected chi connectivity index (χ1v) is 10.6. The molecule has 160 valence electrons. The van der Waals surface area contributed by atoms with Gasteiger partial charge in [-0.15, -0.1) is 0 Å². The summed E-state index contributed by atoms with van der Waals surface area (Å²) in [4.78, 5) is 19.9. The third kappa shape index (κ3) is 4.31. The van der Waals surface area contributed by atoms with Crippen LogP contribution in [0.4, 0.5) is 13.2 Å². The molecular weight excluding hydrogens is 379 g/mol. The van der Waals surface area contributed by atoms with Crippen molar-refractivity contribution in [1.82, 2.24) is 14.7 Å².